The number of hydrogen-bond donors (Lipinski definition) is 1. The number of non-ortho nitro benzene ring substituents is 1. The molecule has 0 aliphatic heterocycles. The van der Waals surface area contributed by atoms with Crippen LogP contribution in [0, 0.1) is 24.0 Å². The predicted octanol–water partition coefficient (Wildman–Crippen LogP) is 4.05. The minimum Gasteiger partial charge on any atom is -0.325 e. The molecule has 0 spiro atoms. The topological polar surface area (TPSA) is 115 Å². The Morgan fingerprint density at radius 2 is 1.94 bits per heavy atom. The number of anilines is 1. The Balaban J connectivity index is 1.53. The van der Waals surface area contributed by atoms with E-state index in [0.29, 0.717) is 22.1 Å². The smallest absolute Gasteiger partial charge is 0.270 e. The maximum Gasteiger partial charge on any atom is 0.270 e. The lowest BCUT2D eigenvalue weighted by atomic mass is 10.1. The van der Waals surface area contributed by atoms with Crippen LogP contribution in [0.5, 0.6) is 0 Å². The quantitative estimate of drug-likeness (QED) is 0.276. The summed E-state index contributed by atoms with van der Waals surface area (Å²) in [5, 5.41) is 27.1. The van der Waals surface area contributed by atoms with Crippen molar-refractivity contribution in [3.8, 4) is 11.3 Å². The van der Waals surface area contributed by atoms with Gasteiger partial charge in [-0.15, -0.1) is 10.2 Å². The number of carbonyl (C=O) groups is 1. The number of aromatic nitrogens is 4. The van der Waals surface area contributed by atoms with Crippen LogP contribution in [0.4, 0.5) is 11.4 Å². The zero-order valence-electron chi connectivity index (χ0n) is 16.8. The van der Waals surface area contributed by atoms with Gasteiger partial charge in [-0.25, -0.2) is 0 Å². The number of carbonyl (C=O) groups excluding carboxylic acids is 1. The molecule has 10 heteroatoms. The van der Waals surface area contributed by atoms with Gasteiger partial charge in [-0.1, -0.05) is 36.0 Å². The van der Waals surface area contributed by atoms with Gasteiger partial charge in [0.1, 0.15) is 0 Å². The number of nitro benzene ring substituents is 1. The lowest BCUT2D eigenvalue weighted by molar-refractivity contribution is -0.384. The van der Waals surface area contributed by atoms with Gasteiger partial charge in [0.25, 0.3) is 5.69 Å². The van der Waals surface area contributed by atoms with Crippen molar-refractivity contribution in [2.75, 3.05) is 11.1 Å². The van der Waals surface area contributed by atoms with Crippen LogP contribution < -0.4 is 5.32 Å². The molecule has 0 aliphatic rings. The summed E-state index contributed by atoms with van der Waals surface area (Å²) >= 11 is 1.21. The molecule has 2 aromatic heterocycles. The molecule has 0 saturated carbocycles. The van der Waals surface area contributed by atoms with Gasteiger partial charge in [-0.2, -0.15) is 9.61 Å². The second-order valence-electron chi connectivity index (χ2n) is 6.86. The average Bonchev–Trinajstić information content (AvgIpc) is 3.18. The van der Waals surface area contributed by atoms with Gasteiger partial charge in [-0.3, -0.25) is 14.9 Å². The number of amides is 1. The number of nitrogens with one attached hydrogen (secondary N) is 1. The number of hydrogen-bond acceptors (Lipinski definition) is 7. The van der Waals surface area contributed by atoms with E-state index in [1.54, 1.807) is 24.3 Å². The number of aryl methyl sites for hydroxylation is 1. The highest BCUT2D eigenvalue weighted by molar-refractivity contribution is 7.99. The molecule has 9 nitrogen and oxygen atoms in total. The molecule has 0 radical (unpaired) electrons. The Labute approximate surface area is 181 Å². The summed E-state index contributed by atoms with van der Waals surface area (Å²) in [7, 11) is 0. The standard InChI is InChI=1S/C21H18N6O3S/c1-13-5-3-8-17(14(13)2)22-20(28)12-31-21-24-23-19-10-9-18(25-26(19)21)15-6-4-7-16(11-15)27(29)30/h3-11H,12H2,1-2H3,(H,22,28). The lowest BCUT2D eigenvalue weighted by Crippen LogP contribution is -2.15. The monoisotopic (exact) mass is 434 g/mol. The van der Waals surface area contributed by atoms with Crippen molar-refractivity contribution < 1.29 is 9.72 Å². The molecular weight excluding hydrogens is 416 g/mol. The number of rotatable bonds is 6. The van der Waals surface area contributed by atoms with Crippen molar-refractivity contribution in [2.24, 2.45) is 0 Å². The van der Waals surface area contributed by atoms with Crippen LogP contribution in [0.1, 0.15) is 11.1 Å². The summed E-state index contributed by atoms with van der Waals surface area (Å²) in [5.74, 6) is -0.0260. The molecule has 0 saturated heterocycles. The molecule has 4 aromatic rings. The van der Waals surface area contributed by atoms with E-state index in [0.717, 1.165) is 16.8 Å². The second kappa shape index (κ2) is 8.52. The Hall–Kier alpha value is -3.79. The second-order valence-corrected chi connectivity index (χ2v) is 7.81. The first-order valence-corrected chi connectivity index (χ1v) is 10.4. The average molecular weight is 434 g/mol. The zero-order chi connectivity index (χ0) is 22.0. The highest BCUT2D eigenvalue weighted by Gasteiger charge is 2.14. The molecule has 0 unspecified atom stereocenters. The molecule has 1 N–H and O–H groups in total. The van der Waals surface area contributed by atoms with Gasteiger partial charge >= 0.3 is 0 Å². The van der Waals surface area contributed by atoms with E-state index in [4.69, 9.17) is 0 Å². The highest BCUT2D eigenvalue weighted by Crippen LogP contribution is 2.24. The molecule has 31 heavy (non-hydrogen) atoms. The number of nitro groups is 1. The summed E-state index contributed by atoms with van der Waals surface area (Å²) in [4.78, 5) is 23.0. The maximum absolute atomic E-state index is 12.4. The first-order valence-electron chi connectivity index (χ1n) is 9.38. The molecule has 156 valence electrons. The third-order valence-corrected chi connectivity index (χ3v) is 5.72. The van der Waals surface area contributed by atoms with E-state index in [1.165, 1.54) is 28.4 Å². The van der Waals surface area contributed by atoms with Crippen LogP contribution in [-0.2, 0) is 4.79 Å². The van der Waals surface area contributed by atoms with E-state index in [1.807, 2.05) is 32.0 Å². The maximum atomic E-state index is 12.4. The zero-order valence-corrected chi connectivity index (χ0v) is 17.6. The molecule has 1 amide bonds. The normalized spacial score (nSPS) is 10.9. The Morgan fingerprint density at radius 3 is 2.74 bits per heavy atom. The van der Waals surface area contributed by atoms with Crippen LogP contribution in [-0.4, -0.2) is 36.4 Å². The van der Waals surface area contributed by atoms with Crippen LogP contribution in [0.15, 0.2) is 59.8 Å². The first-order chi connectivity index (χ1) is 14.9. The van der Waals surface area contributed by atoms with Crippen LogP contribution in [0.3, 0.4) is 0 Å². The first kappa shape index (κ1) is 20.5. The van der Waals surface area contributed by atoms with Gasteiger partial charge in [-0.05, 0) is 43.2 Å². The van der Waals surface area contributed by atoms with Crippen LogP contribution >= 0.6 is 11.8 Å². The fraction of sp³-hybridized carbons (Fsp3) is 0.143. The van der Waals surface area contributed by atoms with Gasteiger partial charge in [0.2, 0.25) is 11.1 Å². The summed E-state index contributed by atoms with van der Waals surface area (Å²) < 4.78 is 1.53. The van der Waals surface area contributed by atoms with E-state index >= 15 is 0 Å². The van der Waals surface area contributed by atoms with Gasteiger partial charge in [0, 0.05) is 23.4 Å². The predicted molar refractivity (Wildman–Crippen MR) is 118 cm³/mol. The summed E-state index contributed by atoms with van der Waals surface area (Å²) in [6, 6.07) is 15.5. The molecule has 0 atom stereocenters. The third kappa shape index (κ3) is 4.38. The SMILES string of the molecule is Cc1cccc(NC(=O)CSc2nnc3ccc(-c4cccc([N+](=O)[O-])c4)nn23)c1C. The van der Waals surface area contributed by atoms with Gasteiger partial charge in [0.15, 0.2) is 5.65 Å². The number of thioether (sulfide) groups is 1. The van der Waals surface area contributed by atoms with Crippen molar-refractivity contribution in [2.45, 2.75) is 19.0 Å². The van der Waals surface area contributed by atoms with Crippen molar-refractivity contribution in [3.05, 3.63) is 75.8 Å². The number of nitrogens with zero attached hydrogens (tertiary/aromatic N) is 5. The Bertz CT molecular complexity index is 1300. The third-order valence-electron chi connectivity index (χ3n) is 4.80. The van der Waals surface area contributed by atoms with E-state index in [-0.39, 0.29) is 17.3 Å². The van der Waals surface area contributed by atoms with E-state index < -0.39 is 4.92 Å². The number of benzene rings is 2. The summed E-state index contributed by atoms with van der Waals surface area (Å²) in [5.41, 5.74) is 4.56. The van der Waals surface area contributed by atoms with Gasteiger partial charge < -0.3 is 5.32 Å². The Kier molecular flexibility index (Phi) is 5.63. The molecule has 0 aliphatic carbocycles. The number of fused-ring (bicyclic) bond motifs is 1. The molecule has 4 rings (SSSR count). The van der Waals surface area contributed by atoms with Crippen molar-refractivity contribution in [1.82, 2.24) is 19.8 Å². The van der Waals surface area contributed by atoms with Crippen molar-refractivity contribution in [3.63, 3.8) is 0 Å². The summed E-state index contributed by atoms with van der Waals surface area (Å²) in [6.07, 6.45) is 0. The van der Waals surface area contributed by atoms with Crippen LogP contribution in [0.25, 0.3) is 16.9 Å². The minimum atomic E-state index is -0.448. The fourth-order valence-electron chi connectivity index (χ4n) is 2.99. The molecule has 0 fully saturated rings. The van der Waals surface area contributed by atoms with Crippen molar-refractivity contribution in [1.29, 1.82) is 0 Å². The van der Waals surface area contributed by atoms with E-state index in [9.17, 15) is 14.9 Å². The van der Waals surface area contributed by atoms with Crippen molar-refractivity contribution >= 4 is 34.7 Å². The van der Waals surface area contributed by atoms with E-state index in [2.05, 4.69) is 20.6 Å². The molecular formula is C21H18N6O3S. The highest BCUT2D eigenvalue weighted by atomic mass is 32.2. The molecule has 2 heterocycles. The fourth-order valence-corrected chi connectivity index (χ4v) is 3.68. The van der Waals surface area contributed by atoms with Gasteiger partial charge in [0.05, 0.1) is 16.4 Å². The largest absolute Gasteiger partial charge is 0.325 e. The Morgan fingerprint density at radius 1 is 1.13 bits per heavy atom. The summed E-state index contributed by atoms with van der Waals surface area (Å²) in [6.45, 7) is 3.95. The molecule has 0 bridgehead atoms. The lowest BCUT2D eigenvalue weighted by Gasteiger charge is -2.09. The molecule has 2 aromatic carbocycles. The minimum absolute atomic E-state index is 0.0131. The van der Waals surface area contributed by atoms with Crippen LogP contribution in [0.2, 0.25) is 0 Å².